The molecule has 0 spiro atoms. The van der Waals surface area contributed by atoms with Crippen LogP contribution in [-0.4, -0.2) is 35.8 Å². The molecule has 23 heavy (non-hydrogen) atoms. The number of carbonyl (C=O) groups is 1. The van der Waals surface area contributed by atoms with Crippen LogP contribution in [0.1, 0.15) is 18.9 Å². The average Bonchev–Trinajstić information content (AvgIpc) is 2.45. The number of hydrogen-bond donors (Lipinski definition) is 0. The molecule has 1 aromatic carbocycles. The van der Waals surface area contributed by atoms with Crippen LogP contribution in [0.2, 0.25) is 5.02 Å². The van der Waals surface area contributed by atoms with Crippen molar-refractivity contribution in [2.24, 2.45) is 0 Å². The standard InChI is InChI=1S/C15H14Cl2F2NO2.Y/c1-2-22-9-3-4-10(12(17)7-9)13-6-5-11(16)15(21)20(13)8-14(18)19;/h3-4,7,11,14H,2,5,8H2,1H3;/q-1;. The molecule has 8 heteroatoms. The molecule has 1 aliphatic rings. The third-order valence-corrected chi connectivity index (χ3v) is 3.73. The van der Waals surface area contributed by atoms with E-state index in [-0.39, 0.29) is 44.8 Å². The zero-order valence-corrected chi connectivity index (χ0v) is 16.7. The molecule has 1 atom stereocenters. The van der Waals surface area contributed by atoms with Gasteiger partial charge in [-0.25, -0.2) is 14.9 Å². The third kappa shape index (κ3) is 5.12. The van der Waals surface area contributed by atoms with Gasteiger partial charge in [0.05, 0.1) is 13.2 Å². The van der Waals surface area contributed by atoms with Gasteiger partial charge in [-0.1, -0.05) is 6.42 Å². The Bertz CT molecular complexity index is 599. The Kier molecular flexibility index (Phi) is 8.42. The molecule has 0 N–H and O–H groups in total. The van der Waals surface area contributed by atoms with Gasteiger partial charge >= 0.3 is 0 Å². The Morgan fingerprint density at radius 1 is 1.48 bits per heavy atom. The molecule has 2 rings (SSSR count). The molecular weight excluding hydrogens is 424 g/mol. The second-order valence-electron chi connectivity index (χ2n) is 4.61. The minimum atomic E-state index is -2.68. The number of allylic oxidation sites excluding steroid dienone is 1. The summed E-state index contributed by atoms with van der Waals surface area (Å²) in [4.78, 5) is 13.0. The number of amides is 1. The van der Waals surface area contributed by atoms with E-state index in [9.17, 15) is 13.6 Å². The van der Waals surface area contributed by atoms with Crippen LogP contribution in [0.15, 0.2) is 18.2 Å². The van der Waals surface area contributed by atoms with Crippen LogP contribution in [-0.2, 0) is 37.5 Å². The molecule has 1 aromatic rings. The molecule has 1 aliphatic heterocycles. The monoisotopic (exact) mass is 437 g/mol. The van der Waals surface area contributed by atoms with Crippen LogP contribution in [0, 0.1) is 6.08 Å². The molecule has 1 heterocycles. The molecule has 0 saturated heterocycles. The van der Waals surface area contributed by atoms with Gasteiger partial charge in [-0.3, -0.25) is 4.79 Å². The molecule has 3 nitrogen and oxygen atoms in total. The van der Waals surface area contributed by atoms with E-state index in [2.05, 4.69) is 6.08 Å². The normalized spacial score (nSPS) is 17.8. The molecule has 0 aliphatic carbocycles. The van der Waals surface area contributed by atoms with Gasteiger partial charge in [0.2, 0.25) is 5.91 Å². The second kappa shape index (κ2) is 9.31. The first kappa shape index (κ1) is 20.8. The number of hydrogen-bond acceptors (Lipinski definition) is 2. The first-order valence-electron chi connectivity index (χ1n) is 6.71. The Labute approximate surface area is 168 Å². The third-order valence-electron chi connectivity index (χ3n) is 3.08. The molecular formula is C15H14Cl2F2NO2Y-. The quantitative estimate of drug-likeness (QED) is 0.515. The van der Waals surface area contributed by atoms with Gasteiger partial charge in [-0.05, 0) is 24.1 Å². The largest absolute Gasteiger partial charge is 0.494 e. The van der Waals surface area contributed by atoms with Gasteiger partial charge < -0.3 is 9.64 Å². The van der Waals surface area contributed by atoms with Crippen molar-refractivity contribution in [3.8, 4) is 5.75 Å². The van der Waals surface area contributed by atoms with Crippen molar-refractivity contribution in [1.82, 2.24) is 4.90 Å². The van der Waals surface area contributed by atoms with Crippen LogP contribution in [0.4, 0.5) is 8.78 Å². The Hall–Kier alpha value is -0.226. The maximum Gasteiger partial charge on any atom is 0.256 e. The van der Waals surface area contributed by atoms with Crippen LogP contribution in [0.25, 0.3) is 5.70 Å². The maximum atomic E-state index is 12.7. The number of carbonyl (C=O) groups excluding carboxylic acids is 1. The summed E-state index contributed by atoms with van der Waals surface area (Å²) >= 11 is 12.0. The second-order valence-corrected chi connectivity index (χ2v) is 5.55. The van der Waals surface area contributed by atoms with Gasteiger partial charge in [0.15, 0.2) is 0 Å². The summed E-state index contributed by atoms with van der Waals surface area (Å²) in [7, 11) is 0. The van der Waals surface area contributed by atoms with Gasteiger partial charge in [0, 0.05) is 32.7 Å². The first-order valence-corrected chi connectivity index (χ1v) is 7.52. The van der Waals surface area contributed by atoms with Gasteiger partial charge in [-0.15, -0.1) is 40.5 Å². The summed E-state index contributed by atoms with van der Waals surface area (Å²) in [5.74, 6) is -0.00437. The van der Waals surface area contributed by atoms with Gasteiger partial charge in [-0.2, -0.15) is 0 Å². The van der Waals surface area contributed by atoms with Crippen LogP contribution in [0.3, 0.4) is 0 Å². The van der Waals surface area contributed by atoms with Gasteiger partial charge in [0.1, 0.15) is 11.1 Å². The van der Waals surface area contributed by atoms with Crippen molar-refractivity contribution in [2.45, 2.75) is 25.1 Å². The van der Waals surface area contributed by atoms with E-state index >= 15 is 0 Å². The Morgan fingerprint density at radius 3 is 2.74 bits per heavy atom. The van der Waals surface area contributed by atoms with Crippen molar-refractivity contribution >= 4 is 34.8 Å². The molecule has 123 valence electrons. The summed E-state index contributed by atoms with van der Waals surface area (Å²) in [5.41, 5.74) is 0.679. The summed E-state index contributed by atoms with van der Waals surface area (Å²) in [5, 5.41) is -0.586. The summed E-state index contributed by atoms with van der Waals surface area (Å²) in [6.45, 7) is 1.57. The predicted molar refractivity (Wildman–Crippen MR) is 81.2 cm³/mol. The van der Waals surface area contributed by atoms with Crippen molar-refractivity contribution in [2.75, 3.05) is 13.2 Å². The fraction of sp³-hybridized carbons (Fsp3) is 0.400. The van der Waals surface area contributed by atoms with Crippen molar-refractivity contribution in [1.29, 1.82) is 0 Å². The zero-order valence-electron chi connectivity index (χ0n) is 12.4. The molecule has 0 aromatic heterocycles. The SMILES string of the molecule is CCOc1ccc(C2=[C-]CC(Cl)C(=O)N2CC(F)F)c(Cl)c1.[Y]. The fourth-order valence-corrected chi connectivity index (χ4v) is 2.61. The van der Waals surface area contributed by atoms with E-state index in [1.165, 1.54) is 0 Å². The van der Waals surface area contributed by atoms with E-state index < -0.39 is 24.3 Å². The van der Waals surface area contributed by atoms with Crippen LogP contribution in [0.5, 0.6) is 5.75 Å². The minimum Gasteiger partial charge on any atom is -0.494 e. The number of rotatable bonds is 5. The minimum absolute atomic E-state index is 0. The first-order chi connectivity index (χ1) is 10.4. The van der Waals surface area contributed by atoms with E-state index in [0.717, 1.165) is 4.90 Å². The number of ether oxygens (including phenoxy) is 1. The average molecular weight is 438 g/mol. The molecule has 0 fully saturated rings. The zero-order chi connectivity index (χ0) is 16.3. The predicted octanol–water partition coefficient (Wildman–Crippen LogP) is 3.99. The summed E-state index contributed by atoms with van der Waals surface area (Å²) in [6.07, 6.45) is 0.370. The molecule has 0 bridgehead atoms. The van der Waals surface area contributed by atoms with E-state index in [1.807, 2.05) is 6.92 Å². The number of benzene rings is 1. The molecule has 1 radical (unpaired) electrons. The van der Waals surface area contributed by atoms with Crippen molar-refractivity contribution < 1.29 is 51.0 Å². The van der Waals surface area contributed by atoms with E-state index in [0.29, 0.717) is 22.9 Å². The fourth-order valence-electron chi connectivity index (χ4n) is 2.15. The number of nitrogens with zero attached hydrogens (tertiary/aromatic N) is 1. The maximum absolute atomic E-state index is 12.7. The van der Waals surface area contributed by atoms with Crippen LogP contribution < -0.4 is 4.74 Å². The smallest absolute Gasteiger partial charge is 0.256 e. The summed E-state index contributed by atoms with van der Waals surface area (Å²) in [6, 6.07) is 4.86. The Morgan fingerprint density at radius 2 is 2.17 bits per heavy atom. The molecule has 1 unspecified atom stereocenters. The van der Waals surface area contributed by atoms with Crippen LogP contribution >= 0.6 is 23.2 Å². The number of alkyl halides is 3. The van der Waals surface area contributed by atoms with Crippen molar-refractivity contribution in [3.05, 3.63) is 34.9 Å². The van der Waals surface area contributed by atoms with Crippen molar-refractivity contribution in [3.63, 3.8) is 0 Å². The number of halogens is 4. The summed E-state index contributed by atoms with van der Waals surface area (Å²) < 4.78 is 30.8. The molecule has 1 amide bonds. The molecule has 0 saturated carbocycles. The Balaban J connectivity index is 0.00000264. The topological polar surface area (TPSA) is 29.5 Å². The van der Waals surface area contributed by atoms with Gasteiger partial charge in [0.25, 0.3) is 6.43 Å². The van der Waals surface area contributed by atoms with E-state index in [4.69, 9.17) is 27.9 Å². The van der Waals surface area contributed by atoms with E-state index in [1.54, 1.807) is 18.2 Å².